The molecule has 0 unspecified atom stereocenters. The van der Waals surface area contributed by atoms with Crippen LogP contribution >= 0.6 is 0 Å². The molecule has 244 valence electrons. The Hall–Kier alpha value is -5.20. The van der Waals surface area contributed by atoms with Gasteiger partial charge in [0.05, 0.1) is 0 Å². The summed E-state index contributed by atoms with van der Waals surface area (Å²) in [7, 11) is 0. The Bertz CT molecular complexity index is 1770. The average Bonchev–Trinajstić information content (AvgIpc) is 3.80. The maximum Gasteiger partial charge on any atom is 0.173 e. The molecule has 4 aromatic carbocycles. The van der Waals surface area contributed by atoms with E-state index in [0.29, 0.717) is 62.0 Å². The normalized spacial score (nSPS) is 15.4. The Morgan fingerprint density at radius 3 is 1.27 bits per heavy atom. The fourth-order valence-electron chi connectivity index (χ4n) is 6.54. The number of hydrogen-bond donors (Lipinski definition) is 0. The van der Waals surface area contributed by atoms with Crippen LogP contribution in [0.4, 0.5) is 8.78 Å². The van der Waals surface area contributed by atoms with Crippen LogP contribution in [0, 0.1) is 11.6 Å². The first-order valence-electron chi connectivity index (χ1n) is 16.2. The Morgan fingerprint density at radius 2 is 0.875 bits per heavy atom. The minimum absolute atomic E-state index is 0.315. The van der Waals surface area contributed by atoms with Gasteiger partial charge in [-0.25, -0.2) is 18.1 Å². The Kier molecular flexibility index (Phi) is 9.62. The van der Waals surface area contributed by atoms with E-state index in [1.165, 1.54) is 23.3 Å². The molecule has 0 bridgehead atoms. The first-order valence-corrected chi connectivity index (χ1v) is 16.2. The van der Waals surface area contributed by atoms with E-state index in [1.54, 1.807) is 33.6 Å². The molecule has 0 saturated carbocycles. The van der Waals surface area contributed by atoms with Crippen molar-refractivity contribution in [2.75, 3.05) is 26.2 Å². The van der Waals surface area contributed by atoms with Crippen LogP contribution in [0.5, 0.6) is 0 Å². The summed E-state index contributed by atoms with van der Waals surface area (Å²) in [5, 5.41) is 25.5. The highest BCUT2D eigenvalue weighted by Gasteiger charge is 2.36. The van der Waals surface area contributed by atoms with Gasteiger partial charge in [-0.1, -0.05) is 97.1 Å². The van der Waals surface area contributed by atoms with E-state index >= 15 is 8.78 Å². The standard InChI is InChI=1S/C36H36F2N10/c37-31-17-9-7-15-29(31)33(35-39-41-43-47(35)21-19-27-11-3-1-4-12-27)45-23-25-46(26-24-45)34(30-16-8-10-18-32(30)38)36-40-42-44-48(36)22-20-28-13-5-2-6-14-28/h1-18,33-34H,19-26H2/t33-,34-/m0/s1. The van der Waals surface area contributed by atoms with Crippen molar-refractivity contribution in [3.8, 4) is 0 Å². The highest BCUT2D eigenvalue weighted by Crippen LogP contribution is 2.34. The van der Waals surface area contributed by atoms with Crippen LogP contribution < -0.4 is 0 Å². The predicted molar refractivity (Wildman–Crippen MR) is 176 cm³/mol. The van der Waals surface area contributed by atoms with Gasteiger partial charge in [0, 0.05) is 50.4 Å². The molecule has 48 heavy (non-hydrogen) atoms. The number of rotatable bonds is 12. The van der Waals surface area contributed by atoms with E-state index in [2.05, 4.69) is 65.1 Å². The molecule has 1 aliphatic heterocycles. The summed E-state index contributed by atoms with van der Waals surface area (Å²) in [6, 6.07) is 32.9. The maximum absolute atomic E-state index is 15.5. The van der Waals surface area contributed by atoms with Gasteiger partial charge in [-0.05, 0) is 57.0 Å². The zero-order chi connectivity index (χ0) is 32.7. The molecule has 10 nitrogen and oxygen atoms in total. The van der Waals surface area contributed by atoms with E-state index in [0.717, 1.165) is 12.8 Å². The molecule has 1 aliphatic rings. The zero-order valence-corrected chi connectivity index (χ0v) is 26.4. The summed E-state index contributed by atoms with van der Waals surface area (Å²) in [4.78, 5) is 4.41. The molecular formula is C36H36F2N10. The minimum atomic E-state index is -0.512. The van der Waals surface area contributed by atoms with Crippen molar-refractivity contribution in [3.63, 3.8) is 0 Å². The molecule has 2 atom stereocenters. The lowest BCUT2D eigenvalue weighted by Crippen LogP contribution is -2.50. The Morgan fingerprint density at radius 1 is 0.500 bits per heavy atom. The lowest BCUT2D eigenvalue weighted by molar-refractivity contribution is 0.0802. The molecule has 1 fully saturated rings. The quantitative estimate of drug-likeness (QED) is 0.185. The first-order chi connectivity index (χ1) is 23.7. The van der Waals surface area contributed by atoms with Crippen LogP contribution in [0.3, 0.4) is 0 Å². The third kappa shape index (κ3) is 6.90. The van der Waals surface area contributed by atoms with Gasteiger partial charge in [-0.3, -0.25) is 9.80 Å². The van der Waals surface area contributed by atoms with Crippen LogP contribution in [0.25, 0.3) is 0 Å². The molecule has 0 aliphatic carbocycles. The highest BCUT2D eigenvalue weighted by atomic mass is 19.1. The Labute approximate surface area is 277 Å². The van der Waals surface area contributed by atoms with Crippen molar-refractivity contribution in [1.82, 2.24) is 50.2 Å². The predicted octanol–water partition coefficient (Wildman–Crippen LogP) is 4.92. The highest BCUT2D eigenvalue weighted by molar-refractivity contribution is 5.29. The molecule has 6 aromatic rings. The summed E-state index contributed by atoms with van der Waals surface area (Å²) in [6.07, 6.45) is 1.47. The molecule has 12 heteroatoms. The fourth-order valence-corrected chi connectivity index (χ4v) is 6.54. The summed E-state index contributed by atoms with van der Waals surface area (Å²) in [5.41, 5.74) is 3.36. The summed E-state index contributed by atoms with van der Waals surface area (Å²) in [6.45, 7) is 3.33. The van der Waals surface area contributed by atoms with Crippen LogP contribution in [0.2, 0.25) is 0 Å². The second-order valence-electron chi connectivity index (χ2n) is 11.9. The molecule has 0 N–H and O–H groups in total. The monoisotopic (exact) mass is 646 g/mol. The van der Waals surface area contributed by atoms with Gasteiger partial charge in [0.1, 0.15) is 23.7 Å². The van der Waals surface area contributed by atoms with Crippen molar-refractivity contribution in [1.29, 1.82) is 0 Å². The van der Waals surface area contributed by atoms with E-state index in [4.69, 9.17) is 0 Å². The number of aryl methyl sites for hydroxylation is 4. The smallest absolute Gasteiger partial charge is 0.173 e. The zero-order valence-electron chi connectivity index (χ0n) is 26.4. The SMILES string of the molecule is Fc1ccccc1[C@@H](c1nnnn1CCc1ccccc1)N1CCN([C@@H](c2ccccc2F)c2nnnn2CCc2ccccc2)CC1. The van der Waals surface area contributed by atoms with E-state index in [9.17, 15) is 0 Å². The van der Waals surface area contributed by atoms with Gasteiger partial charge < -0.3 is 0 Å². The average molecular weight is 647 g/mol. The van der Waals surface area contributed by atoms with Crippen LogP contribution in [0.1, 0.15) is 46.0 Å². The van der Waals surface area contributed by atoms with Crippen LogP contribution in [-0.4, -0.2) is 76.4 Å². The van der Waals surface area contributed by atoms with Gasteiger partial charge in [-0.2, -0.15) is 0 Å². The molecule has 3 heterocycles. The molecule has 0 spiro atoms. The fraction of sp³-hybridized carbons (Fsp3) is 0.278. The lowest BCUT2D eigenvalue weighted by atomic mass is 10.00. The van der Waals surface area contributed by atoms with Gasteiger partial charge in [-0.15, -0.1) is 10.2 Å². The van der Waals surface area contributed by atoms with Crippen molar-refractivity contribution in [2.45, 2.75) is 38.0 Å². The van der Waals surface area contributed by atoms with Crippen LogP contribution in [0.15, 0.2) is 109 Å². The van der Waals surface area contributed by atoms with Crippen molar-refractivity contribution in [2.24, 2.45) is 0 Å². The lowest BCUT2D eigenvalue weighted by Gasteiger charge is -2.41. The molecule has 2 aromatic heterocycles. The molecule has 7 rings (SSSR count). The molecule has 0 radical (unpaired) electrons. The van der Waals surface area contributed by atoms with E-state index in [1.807, 2.05) is 48.5 Å². The van der Waals surface area contributed by atoms with Crippen LogP contribution in [-0.2, 0) is 25.9 Å². The van der Waals surface area contributed by atoms with Crippen molar-refractivity contribution in [3.05, 3.63) is 155 Å². The number of aromatic nitrogens is 8. The van der Waals surface area contributed by atoms with E-state index < -0.39 is 12.1 Å². The van der Waals surface area contributed by atoms with Crippen molar-refractivity contribution >= 4 is 0 Å². The molecular weight excluding hydrogens is 610 g/mol. The topological polar surface area (TPSA) is 93.7 Å². The maximum atomic E-state index is 15.5. The minimum Gasteiger partial charge on any atom is -0.287 e. The number of nitrogens with zero attached hydrogens (tertiary/aromatic N) is 10. The number of tetrazole rings is 2. The van der Waals surface area contributed by atoms with Crippen molar-refractivity contribution < 1.29 is 8.78 Å². The third-order valence-corrected chi connectivity index (χ3v) is 9.00. The number of piperazine rings is 1. The molecule has 0 amide bonds. The second-order valence-corrected chi connectivity index (χ2v) is 11.9. The van der Waals surface area contributed by atoms with Gasteiger partial charge in [0.25, 0.3) is 0 Å². The Balaban J connectivity index is 1.15. The first kappa shape index (κ1) is 31.4. The summed E-state index contributed by atoms with van der Waals surface area (Å²) in [5.74, 6) is 0.536. The number of benzene rings is 4. The number of halogens is 2. The molecule has 1 saturated heterocycles. The van der Waals surface area contributed by atoms with Gasteiger partial charge >= 0.3 is 0 Å². The van der Waals surface area contributed by atoms with Gasteiger partial charge in [0.2, 0.25) is 0 Å². The third-order valence-electron chi connectivity index (χ3n) is 9.00. The largest absolute Gasteiger partial charge is 0.287 e. The summed E-state index contributed by atoms with van der Waals surface area (Å²) >= 11 is 0. The van der Waals surface area contributed by atoms with E-state index in [-0.39, 0.29) is 11.6 Å². The summed E-state index contributed by atoms with van der Waals surface area (Å²) < 4.78 is 34.5. The number of hydrogen-bond acceptors (Lipinski definition) is 8. The van der Waals surface area contributed by atoms with Gasteiger partial charge in [0.15, 0.2) is 11.6 Å². The second kappa shape index (κ2) is 14.7.